The molecule has 4 rings (SSSR count). The highest BCUT2D eigenvalue weighted by Gasteiger charge is 2.66. The van der Waals surface area contributed by atoms with Crippen LogP contribution in [0, 0.1) is 17.0 Å². The Morgan fingerprint density at radius 3 is 2.45 bits per heavy atom. The molecule has 2 aromatic rings. The third kappa shape index (κ3) is 3.90. The number of halogens is 2. The second-order valence-electron chi connectivity index (χ2n) is 8.02. The molecule has 0 spiro atoms. The van der Waals surface area contributed by atoms with E-state index in [1.165, 1.54) is 12.1 Å². The van der Waals surface area contributed by atoms with Crippen LogP contribution in [0.25, 0.3) is 5.57 Å². The van der Waals surface area contributed by atoms with Crippen LogP contribution >= 0.6 is 0 Å². The average molecular weight is 478 g/mol. The summed E-state index contributed by atoms with van der Waals surface area (Å²) in [5, 5.41) is 3.99. The van der Waals surface area contributed by atoms with Crippen LogP contribution in [0.5, 0.6) is 5.88 Å². The van der Waals surface area contributed by atoms with Crippen molar-refractivity contribution in [3.8, 4) is 5.88 Å². The first kappa shape index (κ1) is 22.6. The van der Waals surface area contributed by atoms with Gasteiger partial charge in [0.05, 0.1) is 17.9 Å². The fourth-order valence-electron chi connectivity index (χ4n) is 4.28. The van der Waals surface area contributed by atoms with E-state index in [0.29, 0.717) is 11.1 Å². The lowest BCUT2D eigenvalue weighted by Gasteiger charge is -2.40. The number of carbonyl (C=O) groups is 2. The summed E-state index contributed by atoms with van der Waals surface area (Å²) in [4.78, 5) is 24.5. The van der Waals surface area contributed by atoms with Crippen LogP contribution < -0.4 is 15.2 Å². The van der Waals surface area contributed by atoms with Crippen molar-refractivity contribution in [3.63, 3.8) is 0 Å². The zero-order chi connectivity index (χ0) is 24.0. The van der Waals surface area contributed by atoms with Crippen molar-refractivity contribution in [3.05, 3.63) is 65.9 Å². The highest BCUT2D eigenvalue weighted by atomic mass is 32.2. The van der Waals surface area contributed by atoms with Crippen molar-refractivity contribution in [2.75, 3.05) is 6.26 Å². The number of hydrogen-bond donors (Lipinski definition) is 2. The number of rotatable bonds is 6. The first-order valence-corrected chi connectivity index (χ1v) is 11.8. The molecule has 1 unspecified atom stereocenters. The molecule has 3 N–H and O–H groups in total. The Morgan fingerprint density at radius 2 is 1.91 bits per heavy atom. The number of allylic oxidation sites excluding steroid dienone is 4. The third-order valence-corrected chi connectivity index (χ3v) is 6.46. The summed E-state index contributed by atoms with van der Waals surface area (Å²) in [6.07, 6.45) is 5.56. The molecular weight excluding hydrogens is 458 g/mol. The number of nitrogens with one attached hydrogen (secondary N) is 1. The van der Waals surface area contributed by atoms with E-state index in [4.69, 9.17) is 10.5 Å². The molecule has 2 amide bonds. The third-order valence-electron chi connectivity index (χ3n) is 5.91. The van der Waals surface area contributed by atoms with E-state index >= 15 is 0 Å². The van der Waals surface area contributed by atoms with Gasteiger partial charge < -0.3 is 10.5 Å². The maximum Gasteiger partial charge on any atom is 0.411 e. The number of nitrogens with zero attached hydrogens (tertiary/aromatic N) is 2. The van der Waals surface area contributed by atoms with Crippen LogP contribution in [0.4, 0.5) is 13.6 Å². The molecule has 0 saturated heterocycles. The largest absolute Gasteiger partial charge is 0.411 e. The second kappa shape index (κ2) is 7.80. The van der Waals surface area contributed by atoms with Crippen LogP contribution in [0.1, 0.15) is 24.8 Å². The molecule has 1 heterocycles. The highest BCUT2D eigenvalue weighted by molar-refractivity contribution is 7.89. The van der Waals surface area contributed by atoms with Gasteiger partial charge in [0, 0.05) is 5.56 Å². The summed E-state index contributed by atoms with van der Waals surface area (Å²) < 4.78 is 60.1. The van der Waals surface area contributed by atoms with Gasteiger partial charge in [0.25, 0.3) is 5.88 Å². The van der Waals surface area contributed by atoms with Crippen LogP contribution in [-0.2, 0) is 20.4 Å². The van der Waals surface area contributed by atoms with Crippen molar-refractivity contribution >= 4 is 27.6 Å². The molecule has 2 aliphatic rings. The van der Waals surface area contributed by atoms with E-state index in [1.54, 1.807) is 30.4 Å². The minimum atomic E-state index is -3.90. The van der Waals surface area contributed by atoms with E-state index < -0.39 is 50.5 Å². The summed E-state index contributed by atoms with van der Waals surface area (Å²) in [5.41, 5.74) is 3.10. The lowest BCUT2D eigenvalue weighted by molar-refractivity contribution is -0.128. The lowest BCUT2D eigenvalue weighted by Crippen LogP contribution is -2.51. The van der Waals surface area contributed by atoms with E-state index in [1.807, 2.05) is 4.72 Å². The van der Waals surface area contributed by atoms with Gasteiger partial charge in [-0.2, -0.15) is 9.49 Å². The molecule has 1 saturated carbocycles. The summed E-state index contributed by atoms with van der Waals surface area (Å²) in [5.74, 6) is -2.88. The molecular formula is C21H20F2N4O5S. The molecule has 1 fully saturated rings. The molecule has 1 atom stereocenters. The van der Waals surface area contributed by atoms with Gasteiger partial charge in [0.2, 0.25) is 21.7 Å². The van der Waals surface area contributed by atoms with Gasteiger partial charge >= 0.3 is 6.09 Å². The van der Waals surface area contributed by atoms with E-state index in [9.17, 15) is 26.8 Å². The van der Waals surface area contributed by atoms with E-state index in [2.05, 4.69) is 5.10 Å². The number of ether oxygens (including phenoxy) is 1. The van der Waals surface area contributed by atoms with E-state index in [-0.39, 0.29) is 19.3 Å². The Balaban J connectivity index is 1.85. The Hall–Kier alpha value is -3.54. The number of benzene rings is 1. The number of nitrogens with two attached hydrogens (primary N) is 1. The summed E-state index contributed by atoms with van der Waals surface area (Å²) in [6.45, 7) is 0. The van der Waals surface area contributed by atoms with Crippen molar-refractivity contribution < 1.29 is 31.5 Å². The van der Waals surface area contributed by atoms with Crippen molar-refractivity contribution in [2.24, 2.45) is 11.1 Å². The smallest absolute Gasteiger partial charge is 0.388 e. The Morgan fingerprint density at radius 1 is 1.21 bits per heavy atom. The van der Waals surface area contributed by atoms with Crippen LogP contribution in [0.3, 0.4) is 0 Å². The predicted octanol–water partition coefficient (Wildman–Crippen LogP) is 2.21. The first-order valence-electron chi connectivity index (χ1n) is 9.87. The number of amides is 2. The van der Waals surface area contributed by atoms with Crippen molar-refractivity contribution in [1.82, 2.24) is 14.5 Å². The van der Waals surface area contributed by atoms with Gasteiger partial charge in [-0.15, -0.1) is 0 Å². The summed E-state index contributed by atoms with van der Waals surface area (Å²) in [7, 11) is -3.90. The van der Waals surface area contributed by atoms with Gasteiger partial charge in [-0.05, 0) is 30.9 Å². The molecule has 9 nitrogen and oxygen atoms in total. The molecule has 174 valence electrons. The number of carbonyl (C=O) groups excluding carboxylic acids is 2. The monoisotopic (exact) mass is 478 g/mol. The predicted molar refractivity (Wildman–Crippen MR) is 113 cm³/mol. The number of hydrogen-bond acceptors (Lipinski definition) is 6. The van der Waals surface area contributed by atoms with E-state index in [0.717, 1.165) is 17.1 Å². The van der Waals surface area contributed by atoms with Crippen molar-refractivity contribution in [1.29, 1.82) is 0 Å². The number of primary amides is 1. The van der Waals surface area contributed by atoms with Gasteiger partial charge in [-0.25, -0.2) is 22.3 Å². The summed E-state index contributed by atoms with van der Waals surface area (Å²) >= 11 is 0. The topological polar surface area (TPSA) is 133 Å². The number of aromatic nitrogens is 2. The fraction of sp³-hybridized carbons (Fsp3) is 0.286. The van der Waals surface area contributed by atoms with Crippen molar-refractivity contribution in [2.45, 2.75) is 24.8 Å². The van der Waals surface area contributed by atoms with Gasteiger partial charge in [0.1, 0.15) is 11.4 Å². The maximum absolute atomic E-state index is 14.5. The molecule has 0 bridgehead atoms. The molecule has 33 heavy (non-hydrogen) atoms. The number of sulfonamides is 1. The normalized spacial score (nSPS) is 21.2. The van der Waals surface area contributed by atoms with Gasteiger partial charge in [-0.3, -0.25) is 9.52 Å². The summed E-state index contributed by atoms with van der Waals surface area (Å²) in [6, 6.07) is 6.09. The molecule has 12 heteroatoms. The lowest BCUT2D eigenvalue weighted by atomic mass is 9.73. The van der Waals surface area contributed by atoms with Crippen LogP contribution in [0.2, 0.25) is 0 Å². The van der Waals surface area contributed by atoms with Gasteiger partial charge in [0.15, 0.2) is 0 Å². The standard InChI is InChI=1S/C21H20F2N4O5S/c1-33(30,31)26-18(28)20(10-11-20)21(27-17(32-19(24)29)16(23)12-25-27)8-6-13(7-9-21)14-4-2-3-5-15(14)22/h2-8,12H,9-11H2,1H3,(H2,24,29)(H,26,28). The zero-order valence-electron chi connectivity index (χ0n) is 17.4. The van der Waals surface area contributed by atoms with Gasteiger partial charge in [-0.1, -0.05) is 36.4 Å². The Kier molecular flexibility index (Phi) is 5.35. The Labute approximate surface area is 188 Å². The SMILES string of the molecule is CS(=O)(=O)NC(=O)C1(C2(n3ncc(F)c3OC(N)=O)C=CC(c3ccccc3F)=CC2)CC1. The first-order chi connectivity index (χ1) is 15.5. The molecule has 0 radical (unpaired) electrons. The highest BCUT2D eigenvalue weighted by Crippen LogP contribution is 2.62. The van der Waals surface area contributed by atoms with Crippen LogP contribution in [-0.4, -0.2) is 36.5 Å². The Bertz CT molecular complexity index is 1310. The molecule has 0 aliphatic heterocycles. The quantitative estimate of drug-likeness (QED) is 0.654. The molecule has 1 aromatic carbocycles. The fourth-order valence-corrected chi connectivity index (χ4v) is 4.81. The zero-order valence-corrected chi connectivity index (χ0v) is 18.2. The molecule has 2 aliphatic carbocycles. The molecule has 1 aromatic heterocycles. The minimum Gasteiger partial charge on any atom is -0.388 e. The van der Waals surface area contributed by atoms with Crippen LogP contribution in [0.15, 0.2) is 48.7 Å². The second-order valence-corrected chi connectivity index (χ2v) is 9.77. The minimum absolute atomic E-state index is 0.000587. The maximum atomic E-state index is 14.5. The average Bonchev–Trinajstić information content (AvgIpc) is 3.48.